The second kappa shape index (κ2) is 8.63. The molecule has 0 aliphatic heterocycles. The minimum Gasteiger partial charge on any atom is -0.478 e. The summed E-state index contributed by atoms with van der Waals surface area (Å²) in [6, 6.07) is 13.8. The number of carboxylic acid groups (broad SMARTS) is 1. The Morgan fingerprint density at radius 3 is 2.55 bits per heavy atom. The van der Waals surface area contributed by atoms with Crippen LogP contribution in [0.3, 0.4) is 0 Å². The number of hydrogen-bond donors (Lipinski definition) is 2. The molecule has 1 heterocycles. The molecule has 0 saturated heterocycles. The molecule has 0 aliphatic carbocycles. The smallest absolute Gasteiger partial charge is 0.337 e. The number of rotatable bonds is 5. The van der Waals surface area contributed by atoms with Crippen molar-refractivity contribution in [3.8, 4) is 5.69 Å². The molecule has 0 radical (unpaired) electrons. The first-order chi connectivity index (χ1) is 13.8. The number of nitrogens with zero attached hydrogens (tertiary/aromatic N) is 2. The van der Waals surface area contributed by atoms with Crippen LogP contribution in [0.15, 0.2) is 58.1 Å². The number of halogens is 2. The number of nitrogens with one attached hydrogen (secondary N) is 1. The van der Waals surface area contributed by atoms with E-state index in [1.54, 1.807) is 36.5 Å². The molecule has 0 spiro atoms. The first kappa shape index (κ1) is 20.8. The van der Waals surface area contributed by atoms with Gasteiger partial charge in [-0.25, -0.2) is 10.2 Å². The van der Waals surface area contributed by atoms with Crippen molar-refractivity contribution in [3.63, 3.8) is 0 Å². The minimum absolute atomic E-state index is 0.0348. The summed E-state index contributed by atoms with van der Waals surface area (Å²) < 4.78 is 2.59. The lowest BCUT2D eigenvalue weighted by Crippen LogP contribution is -2.18. The summed E-state index contributed by atoms with van der Waals surface area (Å²) in [5.41, 5.74) is 6.24. The van der Waals surface area contributed by atoms with Crippen LogP contribution in [0.25, 0.3) is 5.69 Å². The number of carbonyl (C=O) groups excluding carboxylic acids is 1. The highest BCUT2D eigenvalue weighted by molar-refractivity contribution is 9.10. The average Bonchev–Trinajstić information content (AvgIpc) is 2.96. The zero-order valence-electron chi connectivity index (χ0n) is 15.6. The Balaban J connectivity index is 1.86. The molecule has 148 valence electrons. The van der Waals surface area contributed by atoms with Crippen LogP contribution < -0.4 is 5.43 Å². The molecule has 0 aliphatic rings. The third kappa shape index (κ3) is 4.41. The predicted octanol–water partition coefficient (Wildman–Crippen LogP) is 4.97. The van der Waals surface area contributed by atoms with E-state index in [0.29, 0.717) is 15.7 Å². The summed E-state index contributed by atoms with van der Waals surface area (Å²) in [7, 11) is 0. The van der Waals surface area contributed by atoms with Crippen LogP contribution >= 0.6 is 27.5 Å². The normalized spacial score (nSPS) is 11.0. The van der Waals surface area contributed by atoms with Gasteiger partial charge in [-0.1, -0.05) is 23.7 Å². The fourth-order valence-electron chi connectivity index (χ4n) is 3.00. The minimum atomic E-state index is -1.09. The number of carbonyl (C=O) groups is 2. The molecular formula is C21H17BrClN3O3. The highest BCUT2D eigenvalue weighted by atomic mass is 79.9. The number of aromatic nitrogens is 1. The lowest BCUT2D eigenvalue weighted by molar-refractivity contribution is 0.0696. The number of hydrazone groups is 1. The predicted molar refractivity (Wildman–Crippen MR) is 116 cm³/mol. The molecule has 29 heavy (non-hydrogen) atoms. The fraction of sp³-hybridized carbons (Fsp3) is 0.0952. The molecule has 2 N–H and O–H groups in total. The molecular weight excluding hydrogens is 458 g/mol. The van der Waals surface area contributed by atoms with E-state index in [2.05, 4.69) is 26.5 Å². The van der Waals surface area contributed by atoms with Crippen LogP contribution in [-0.4, -0.2) is 27.8 Å². The van der Waals surface area contributed by atoms with Gasteiger partial charge in [0.1, 0.15) is 0 Å². The van der Waals surface area contributed by atoms with Crippen molar-refractivity contribution in [3.05, 3.63) is 86.1 Å². The Bertz CT molecular complexity index is 1140. The first-order valence-electron chi connectivity index (χ1n) is 8.59. The van der Waals surface area contributed by atoms with Crippen LogP contribution in [0.2, 0.25) is 5.02 Å². The summed E-state index contributed by atoms with van der Waals surface area (Å²) in [6.07, 6.45) is 1.56. The molecule has 0 fully saturated rings. The number of aromatic carboxylic acids is 1. The van der Waals surface area contributed by atoms with E-state index in [1.165, 1.54) is 6.07 Å². The number of aryl methyl sites for hydroxylation is 1. The standard InChI is InChI=1S/C21H17BrClN3O3/c1-12-9-14(11-24-25-20(27)16-5-3-4-6-18(16)22)13(2)26(12)15-7-8-19(23)17(10-15)21(28)29/h3-11H,1-2H3,(H,25,27)(H,28,29)/b24-11-. The second-order valence-electron chi connectivity index (χ2n) is 6.31. The molecule has 0 atom stereocenters. The van der Waals surface area contributed by atoms with Crippen molar-refractivity contribution in [1.29, 1.82) is 0 Å². The Kier molecular flexibility index (Phi) is 6.20. The lowest BCUT2D eigenvalue weighted by Gasteiger charge is -2.11. The number of hydrogen-bond acceptors (Lipinski definition) is 3. The van der Waals surface area contributed by atoms with Gasteiger partial charge in [0.05, 0.1) is 22.4 Å². The fourth-order valence-corrected chi connectivity index (χ4v) is 3.66. The average molecular weight is 475 g/mol. The van der Waals surface area contributed by atoms with Gasteiger partial charge in [-0.15, -0.1) is 0 Å². The van der Waals surface area contributed by atoms with Gasteiger partial charge in [-0.2, -0.15) is 5.10 Å². The topological polar surface area (TPSA) is 83.7 Å². The zero-order chi connectivity index (χ0) is 21.1. The van der Waals surface area contributed by atoms with Crippen LogP contribution in [0.4, 0.5) is 0 Å². The number of amides is 1. The zero-order valence-corrected chi connectivity index (χ0v) is 18.0. The van der Waals surface area contributed by atoms with Gasteiger partial charge in [0.25, 0.3) is 5.91 Å². The molecule has 2 aromatic carbocycles. The molecule has 3 aromatic rings. The Morgan fingerprint density at radius 1 is 1.14 bits per heavy atom. The molecule has 8 heteroatoms. The number of carboxylic acids is 1. The van der Waals surface area contributed by atoms with Crippen molar-refractivity contribution < 1.29 is 14.7 Å². The number of benzene rings is 2. The maximum Gasteiger partial charge on any atom is 0.337 e. The molecule has 6 nitrogen and oxygen atoms in total. The maximum atomic E-state index is 12.2. The second-order valence-corrected chi connectivity index (χ2v) is 7.57. The van der Waals surface area contributed by atoms with E-state index in [9.17, 15) is 14.7 Å². The van der Waals surface area contributed by atoms with Crippen molar-refractivity contribution >= 4 is 45.6 Å². The lowest BCUT2D eigenvalue weighted by atomic mass is 10.2. The van der Waals surface area contributed by atoms with Gasteiger partial charge in [0, 0.05) is 27.1 Å². The van der Waals surface area contributed by atoms with Gasteiger partial charge in [-0.3, -0.25) is 4.79 Å². The van der Waals surface area contributed by atoms with Crippen molar-refractivity contribution in [2.24, 2.45) is 5.10 Å². The molecule has 0 saturated carbocycles. The summed E-state index contributed by atoms with van der Waals surface area (Å²) >= 11 is 9.31. The first-order valence-corrected chi connectivity index (χ1v) is 9.76. The molecule has 3 rings (SSSR count). The third-order valence-corrected chi connectivity index (χ3v) is 5.42. The van der Waals surface area contributed by atoms with E-state index in [1.807, 2.05) is 30.5 Å². The SMILES string of the molecule is Cc1cc(/C=N\NC(=O)c2ccccc2Br)c(C)n1-c1ccc(Cl)c(C(=O)O)c1. The van der Waals surface area contributed by atoms with Crippen molar-refractivity contribution in [2.75, 3.05) is 0 Å². The van der Waals surface area contributed by atoms with Crippen LogP contribution in [0, 0.1) is 13.8 Å². The van der Waals surface area contributed by atoms with E-state index >= 15 is 0 Å². The summed E-state index contributed by atoms with van der Waals surface area (Å²) in [5, 5.41) is 13.5. The maximum absolute atomic E-state index is 12.2. The van der Waals surface area contributed by atoms with Crippen LogP contribution in [0.5, 0.6) is 0 Å². The van der Waals surface area contributed by atoms with E-state index < -0.39 is 5.97 Å². The van der Waals surface area contributed by atoms with Crippen LogP contribution in [-0.2, 0) is 0 Å². The van der Waals surface area contributed by atoms with E-state index in [-0.39, 0.29) is 16.5 Å². The molecule has 1 aromatic heterocycles. The van der Waals surface area contributed by atoms with Gasteiger partial charge in [0.2, 0.25) is 0 Å². The third-order valence-electron chi connectivity index (χ3n) is 4.40. The van der Waals surface area contributed by atoms with Gasteiger partial charge >= 0.3 is 5.97 Å². The van der Waals surface area contributed by atoms with Gasteiger partial charge in [-0.05, 0) is 66.2 Å². The van der Waals surface area contributed by atoms with Crippen LogP contribution in [0.1, 0.15) is 37.7 Å². The summed E-state index contributed by atoms with van der Waals surface area (Å²) in [5.74, 6) is -1.41. The highest BCUT2D eigenvalue weighted by Crippen LogP contribution is 2.24. The molecule has 0 unspecified atom stereocenters. The monoisotopic (exact) mass is 473 g/mol. The summed E-state index contributed by atoms with van der Waals surface area (Å²) in [4.78, 5) is 23.6. The van der Waals surface area contributed by atoms with Gasteiger partial charge in [0.15, 0.2) is 0 Å². The van der Waals surface area contributed by atoms with Gasteiger partial charge < -0.3 is 9.67 Å². The largest absolute Gasteiger partial charge is 0.478 e. The molecule has 1 amide bonds. The highest BCUT2D eigenvalue weighted by Gasteiger charge is 2.14. The van der Waals surface area contributed by atoms with Crippen molar-refractivity contribution in [2.45, 2.75) is 13.8 Å². The molecule has 0 bridgehead atoms. The van der Waals surface area contributed by atoms with Crippen molar-refractivity contribution in [1.82, 2.24) is 9.99 Å². The van der Waals surface area contributed by atoms with E-state index in [4.69, 9.17) is 11.6 Å². The Hall–Kier alpha value is -2.90. The Morgan fingerprint density at radius 2 is 1.86 bits per heavy atom. The van der Waals surface area contributed by atoms with E-state index in [0.717, 1.165) is 17.0 Å². The quantitative estimate of drug-likeness (QED) is 0.404. The Labute approximate surface area is 180 Å². The summed E-state index contributed by atoms with van der Waals surface area (Å²) in [6.45, 7) is 3.79.